The lowest BCUT2D eigenvalue weighted by molar-refractivity contribution is -0.135. The highest BCUT2D eigenvalue weighted by Crippen LogP contribution is 2.15. The predicted octanol–water partition coefficient (Wildman–Crippen LogP) is 3.25. The number of hydrogen-bond donors (Lipinski definition) is 1. The average molecular weight is 358 g/mol. The van der Waals surface area contributed by atoms with Crippen LogP contribution < -0.4 is 10.1 Å². The van der Waals surface area contributed by atoms with Gasteiger partial charge in [0, 0.05) is 11.7 Å². The molecule has 2 aromatic rings. The van der Waals surface area contributed by atoms with E-state index in [1.807, 2.05) is 32.0 Å². The van der Waals surface area contributed by atoms with Crippen LogP contribution in [0.2, 0.25) is 0 Å². The summed E-state index contributed by atoms with van der Waals surface area (Å²) >= 11 is 0. The Morgan fingerprint density at radius 1 is 1.15 bits per heavy atom. The third-order valence-electron chi connectivity index (χ3n) is 3.88. The zero-order valence-corrected chi connectivity index (χ0v) is 15.2. The highest BCUT2D eigenvalue weighted by Gasteiger charge is 2.20. The molecule has 0 fully saturated rings. The van der Waals surface area contributed by atoms with E-state index in [2.05, 4.69) is 5.32 Å². The first kappa shape index (κ1) is 19.4. The number of rotatable bonds is 7. The zero-order valence-electron chi connectivity index (χ0n) is 15.2. The van der Waals surface area contributed by atoms with Gasteiger partial charge in [0.25, 0.3) is 0 Å². The van der Waals surface area contributed by atoms with Gasteiger partial charge in [0.15, 0.2) is 0 Å². The van der Waals surface area contributed by atoms with Gasteiger partial charge >= 0.3 is 0 Å². The fourth-order valence-electron chi connectivity index (χ4n) is 2.51. The molecule has 0 heterocycles. The van der Waals surface area contributed by atoms with Gasteiger partial charge in [-0.3, -0.25) is 9.59 Å². The molecule has 0 spiro atoms. The van der Waals surface area contributed by atoms with E-state index in [1.165, 1.54) is 29.2 Å². The number of benzene rings is 2. The van der Waals surface area contributed by atoms with E-state index in [0.29, 0.717) is 11.4 Å². The van der Waals surface area contributed by atoms with Gasteiger partial charge in [0.05, 0.1) is 13.5 Å². The van der Waals surface area contributed by atoms with E-state index < -0.39 is 0 Å². The Morgan fingerprint density at radius 2 is 1.85 bits per heavy atom. The van der Waals surface area contributed by atoms with Gasteiger partial charge < -0.3 is 15.0 Å². The van der Waals surface area contributed by atoms with E-state index in [9.17, 15) is 14.0 Å². The molecule has 0 unspecified atom stereocenters. The molecule has 138 valence electrons. The lowest BCUT2D eigenvalue weighted by Gasteiger charge is -2.26. The van der Waals surface area contributed by atoms with Crippen LogP contribution >= 0.6 is 0 Å². The lowest BCUT2D eigenvalue weighted by Crippen LogP contribution is -2.43. The van der Waals surface area contributed by atoms with Gasteiger partial charge in [-0.2, -0.15) is 0 Å². The monoisotopic (exact) mass is 358 g/mol. The highest BCUT2D eigenvalue weighted by atomic mass is 19.1. The molecule has 0 bridgehead atoms. The number of anilines is 1. The Bertz CT molecular complexity index is 760. The Labute approximate surface area is 152 Å². The van der Waals surface area contributed by atoms with Crippen LogP contribution in [0.5, 0.6) is 5.75 Å². The van der Waals surface area contributed by atoms with Crippen molar-refractivity contribution in [3.8, 4) is 5.75 Å². The number of methoxy groups -OCH3 is 1. The summed E-state index contributed by atoms with van der Waals surface area (Å²) in [4.78, 5) is 26.4. The maximum atomic E-state index is 12.9. The minimum absolute atomic E-state index is 0.0716. The molecular formula is C20H23FN2O3. The summed E-state index contributed by atoms with van der Waals surface area (Å²) in [7, 11) is 1.57. The summed E-state index contributed by atoms with van der Waals surface area (Å²) in [5, 5.41) is 2.67. The van der Waals surface area contributed by atoms with Gasteiger partial charge in [-0.1, -0.05) is 12.1 Å². The molecular weight excluding hydrogens is 335 g/mol. The number of ether oxygens (including phenoxy) is 1. The molecule has 0 aliphatic rings. The van der Waals surface area contributed by atoms with Gasteiger partial charge in [-0.15, -0.1) is 0 Å². The maximum absolute atomic E-state index is 12.9. The first-order valence-electron chi connectivity index (χ1n) is 8.37. The molecule has 1 N–H and O–H groups in total. The largest absolute Gasteiger partial charge is 0.497 e. The molecule has 0 aliphatic carbocycles. The quantitative estimate of drug-likeness (QED) is 0.827. The van der Waals surface area contributed by atoms with Crippen molar-refractivity contribution >= 4 is 17.5 Å². The molecule has 2 rings (SSSR count). The molecule has 6 heteroatoms. The van der Waals surface area contributed by atoms with Crippen molar-refractivity contribution in [1.82, 2.24) is 4.90 Å². The van der Waals surface area contributed by atoms with E-state index in [-0.39, 0.29) is 36.6 Å². The van der Waals surface area contributed by atoms with E-state index in [1.54, 1.807) is 13.2 Å². The summed E-state index contributed by atoms with van der Waals surface area (Å²) in [6.45, 7) is 3.64. The molecule has 26 heavy (non-hydrogen) atoms. The van der Waals surface area contributed by atoms with E-state index >= 15 is 0 Å². The van der Waals surface area contributed by atoms with Crippen molar-refractivity contribution in [3.63, 3.8) is 0 Å². The number of carbonyl (C=O) groups is 2. The summed E-state index contributed by atoms with van der Waals surface area (Å²) in [5.74, 6) is -0.174. The first-order valence-corrected chi connectivity index (χ1v) is 8.37. The molecule has 5 nitrogen and oxygen atoms in total. The number of carbonyl (C=O) groups excluding carboxylic acids is 2. The fourth-order valence-corrected chi connectivity index (χ4v) is 2.51. The van der Waals surface area contributed by atoms with Crippen LogP contribution in [0.1, 0.15) is 19.4 Å². The second-order valence-electron chi connectivity index (χ2n) is 6.20. The second-order valence-corrected chi connectivity index (χ2v) is 6.20. The molecule has 0 aromatic heterocycles. The minimum atomic E-state index is -0.375. The number of nitrogens with one attached hydrogen (secondary N) is 1. The number of nitrogens with zero attached hydrogens (tertiary/aromatic N) is 1. The van der Waals surface area contributed by atoms with Crippen LogP contribution in [0.3, 0.4) is 0 Å². The number of halogens is 1. The molecule has 2 aromatic carbocycles. The summed E-state index contributed by atoms with van der Waals surface area (Å²) in [5.41, 5.74) is 1.30. The lowest BCUT2D eigenvalue weighted by atomic mass is 10.1. The third kappa shape index (κ3) is 5.58. The van der Waals surface area contributed by atoms with Crippen molar-refractivity contribution < 1.29 is 18.7 Å². The normalized spacial score (nSPS) is 10.5. The van der Waals surface area contributed by atoms with Crippen molar-refractivity contribution in [1.29, 1.82) is 0 Å². The van der Waals surface area contributed by atoms with Crippen LogP contribution in [-0.2, 0) is 16.0 Å². The first-order chi connectivity index (χ1) is 12.4. The SMILES string of the molecule is COc1cccc(CC(=O)N(CC(=O)Nc2ccc(F)cc2)C(C)C)c1. The molecule has 0 aliphatic heterocycles. The standard InChI is InChI=1S/C20H23FN2O3/c1-14(2)23(13-19(24)22-17-9-7-16(21)8-10-17)20(25)12-15-5-4-6-18(11-15)26-3/h4-11,14H,12-13H2,1-3H3,(H,22,24). The number of amides is 2. The van der Waals surface area contributed by atoms with Gasteiger partial charge in [-0.05, 0) is 55.8 Å². The molecule has 0 saturated heterocycles. The maximum Gasteiger partial charge on any atom is 0.244 e. The Hall–Kier alpha value is -2.89. The Kier molecular flexibility index (Phi) is 6.72. The molecule has 0 saturated carbocycles. The average Bonchev–Trinajstić information content (AvgIpc) is 2.61. The van der Waals surface area contributed by atoms with Gasteiger partial charge in [-0.25, -0.2) is 4.39 Å². The molecule has 0 radical (unpaired) electrons. The van der Waals surface area contributed by atoms with E-state index in [0.717, 1.165) is 5.56 Å². The topological polar surface area (TPSA) is 58.6 Å². The van der Waals surface area contributed by atoms with Crippen LogP contribution in [0.15, 0.2) is 48.5 Å². The summed E-state index contributed by atoms with van der Waals surface area (Å²) in [6, 6.07) is 12.6. The van der Waals surface area contributed by atoms with Crippen LogP contribution in [0.25, 0.3) is 0 Å². The highest BCUT2D eigenvalue weighted by molar-refractivity contribution is 5.94. The summed E-state index contributed by atoms with van der Waals surface area (Å²) in [6.07, 6.45) is 0.180. The third-order valence-corrected chi connectivity index (χ3v) is 3.88. The van der Waals surface area contributed by atoms with Crippen LogP contribution in [0.4, 0.5) is 10.1 Å². The Balaban J connectivity index is 2.01. The molecule has 2 amide bonds. The summed E-state index contributed by atoms with van der Waals surface area (Å²) < 4.78 is 18.1. The van der Waals surface area contributed by atoms with Gasteiger partial charge in [0.1, 0.15) is 18.1 Å². The number of hydrogen-bond acceptors (Lipinski definition) is 3. The smallest absolute Gasteiger partial charge is 0.244 e. The van der Waals surface area contributed by atoms with E-state index in [4.69, 9.17) is 4.74 Å². The minimum Gasteiger partial charge on any atom is -0.497 e. The zero-order chi connectivity index (χ0) is 19.1. The molecule has 0 atom stereocenters. The van der Waals surface area contributed by atoms with Crippen molar-refractivity contribution in [2.24, 2.45) is 0 Å². The fraction of sp³-hybridized carbons (Fsp3) is 0.300. The van der Waals surface area contributed by atoms with Crippen molar-refractivity contribution in [2.45, 2.75) is 26.3 Å². The predicted molar refractivity (Wildman–Crippen MR) is 98.6 cm³/mol. The Morgan fingerprint density at radius 3 is 2.46 bits per heavy atom. The van der Waals surface area contributed by atoms with Gasteiger partial charge in [0.2, 0.25) is 11.8 Å². The van der Waals surface area contributed by atoms with Crippen LogP contribution in [0, 0.1) is 5.82 Å². The van der Waals surface area contributed by atoms with Crippen molar-refractivity contribution in [3.05, 3.63) is 59.9 Å². The second kappa shape index (κ2) is 8.99. The van der Waals surface area contributed by atoms with Crippen LogP contribution in [-0.4, -0.2) is 36.4 Å². The van der Waals surface area contributed by atoms with Crippen molar-refractivity contribution in [2.75, 3.05) is 19.0 Å².